The van der Waals surface area contributed by atoms with Crippen LogP contribution in [0.5, 0.6) is 5.75 Å². The SMILES string of the molecule is CCOc1c(Cl)cccc1CC(=O)NCc1ccc(C(=O)O)o1. The first-order valence-electron chi connectivity index (χ1n) is 7.00. The van der Waals surface area contributed by atoms with E-state index in [0.29, 0.717) is 28.7 Å². The smallest absolute Gasteiger partial charge is 0.371 e. The highest BCUT2D eigenvalue weighted by molar-refractivity contribution is 6.32. The van der Waals surface area contributed by atoms with Crippen LogP contribution in [-0.4, -0.2) is 23.6 Å². The lowest BCUT2D eigenvalue weighted by molar-refractivity contribution is -0.120. The Hall–Kier alpha value is -2.47. The van der Waals surface area contributed by atoms with Crippen molar-refractivity contribution in [1.82, 2.24) is 5.32 Å². The van der Waals surface area contributed by atoms with Gasteiger partial charge in [-0.1, -0.05) is 23.7 Å². The van der Waals surface area contributed by atoms with Gasteiger partial charge in [0.25, 0.3) is 0 Å². The van der Waals surface area contributed by atoms with Crippen molar-refractivity contribution in [1.29, 1.82) is 0 Å². The summed E-state index contributed by atoms with van der Waals surface area (Å²) in [5.41, 5.74) is 0.683. The summed E-state index contributed by atoms with van der Waals surface area (Å²) in [6, 6.07) is 8.07. The van der Waals surface area contributed by atoms with Crippen LogP contribution in [0.1, 0.15) is 28.8 Å². The summed E-state index contributed by atoms with van der Waals surface area (Å²) >= 11 is 6.07. The number of nitrogens with one attached hydrogen (secondary N) is 1. The Labute approximate surface area is 138 Å². The molecule has 0 spiro atoms. The predicted molar refractivity (Wildman–Crippen MR) is 83.8 cm³/mol. The van der Waals surface area contributed by atoms with Gasteiger partial charge < -0.3 is 19.6 Å². The molecule has 2 aromatic rings. The number of halogens is 1. The third-order valence-corrected chi connectivity index (χ3v) is 3.32. The topological polar surface area (TPSA) is 88.8 Å². The van der Waals surface area contributed by atoms with E-state index >= 15 is 0 Å². The lowest BCUT2D eigenvalue weighted by Crippen LogP contribution is -2.24. The number of carboxylic acid groups (broad SMARTS) is 1. The predicted octanol–water partition coefficient (Wildman–Crippen LogP) is 2.89. The largest absolute Gasteiger partial charge is 0.492 e. The molecule has 1 aromatic carbocycles. The number of carboxylic acids is 1. The molecule has 0 bridgehead atoms. The van der Waals surface area contributed by atoms with Crippen molar-refractivity contribution in [2.75, 3.05) is 6.61 Å². The highest BCUT2D eigenvalue weighted by Crippen LogP contribution is 2.29. The second kappa shape index (κ2) is 7.69. The molecule has 0 unspecified atom stereocenters. The average molecular weight is 338 g/mol. The molecule has 0 aliphatic carbocycles. The molecule has 0 saturated heterocycles. The number of carbonyl (C=O) groups excluding carboxylic acids is 1. The van der Waals surface area contributed by atoms with Gasteiger partial charge in [0.1, 0.15) is 11.5 Å². The molecule has 122 valence electrons. The van der Waals surface area contributed by atoms with E-state index in [1.165, 1.54) is 12.1 Å². The molecule has 1 heterocycles. The quantitative estimate of drug-likeness (QED) is 0.811. The minimum Gasteiger partial charge on any atom is -0.492 e. The van der Waals surface area contributed by atoms with E-state index in [1.807, 2.05) is 6.92 Å². The molecular formula is C16H16ClNO5. The molecule has 2 rings (SSSR count). The molecule has 0 aliphatic heterocycles. The number of aromatic carboxylic acids is 1. The first-order valence-corrected chi connectivity index (χ1v) is 7.38. The highest BCUT2D eigenvalue weighted by Gasteiger charge is 2.13. The summed E-state index contributed by atoms with van der Waals surface area (Å²) in [6.45, 7) is 2.39. The van der Waals surface area contributed by atoms with Gasteiger partial charge in [0.05, 0.1) is 24.6 Å². The van der Waals surface area contributed by atoms with Crippen molar-refractivity contribution in [2.45, 2.75) is 19.9 Å². The van der Waals surface area contributed by atoms with Gasteiger partial charge in [0.15, 0.2) is 0 Å². The van der Waals surface area contributed by atoms with Gasteiger partial charge in [-0.25, -0.2) is 4.79 Å². The fourth-order valence-electron chi connectivity index (χ4n) is 2.01. The van der Waals surface area contributed by atoms with Crippen molar-refractivity contribution >= 4 is 23.5 Å². The molecule has 6 nitrogen and oxygen atoms in total. The van der Waals surface area contributed by atoms with Crippen LogP contribution in [0.25, 0.3) is 0 Å². The van der Waals surface area contributed by atoms with Crippen molar-refractivity contribution in [2.24, 2.45) is 0 Å². The van der Waals surface area contributed by atoms with E-state index in [2.05, 4.69) is 5.32 Å². The van der Waals surface area contributed by atoms with E-state index in [9.17, 15) is 9.59 Å². The standard InChI is InChI=1S/C16H16ClNO5/c1-2-22-15-10(4-3-5-12(15)17)8-14(19)18-9-11-6-7-13(23-11)16(20)21/h3-7H,2,8-9H2,1H3,(H,18,19)(H,20,21). The Balaban J connectivity index is 1.97. The Kier molecular flexibility index (Phi) is 5.65. The van der Waals surface area contributed by atoms with Crippen LogP contribution in [0.4, 0.5) is 0 Å². The third kappa shape index (κ3) is 4.50. The number of para-hydroxylation sites is 1. The van der Waals surface area contributed by atoms with Crippen molar-refractivity contribution < 1.29 is 23.8 Å². The van der Waals surface area contributed by atoms with Crippen molar-refractivity contribution in [3.8, 4) is 5.75 Å². The maximum Gasteiger partial charge on any atom is 0.371 e. The van der Waals surface area contributed by atoms with E-state index in [-0.39, 0.29) is 24.6 Å². The first kappa shape index (κ1) is 16.9. The second-order valence-corrected chi connectivity index (χ2v) is 5.09. The number of carbonyl (C=O) groups is 2. The maximum atomic E-state index is 12.0. The van der Waals surface area contributed by atoms with Crippen LogP contribution in [0.3, 0.4) is 0 Å². The van der Waals surface area contributed by atoms with Gasteiger partial charge in [0.2, 0.25) is 11.7 Å². The van der Waals surface area contributed by atoms with E-state index < -0.39 is 5.97 Å². The van der Waals surface area contributed by atoms with E-state index in [0.717, 1.165) is 0 Å². The maximum absolute atomic E-state index is 12.0. The lowest BCUT2D eigenvalue weighted by atomic mass is 10.1. The van der Waals surface area contributed by atoms with Gasteiger partial charge in [-0.05, 0) is 25.1 Å². The zero-order valence-electron chi connectivity index (χ0n) is 12.5. The van der Waals surface area contributed by atoms with Crippen molar-refractivity contribution in [3.05, 3.63) is 52.4 Å². The number of amides is 1. The molecule has 1 amide bonds. The van der Waals surface area contributed by atoms with Gasteiger partial charge in [-0.2, -0.15) is 0 Å². The monoisotopic (exact) mass is 337 g/mol. The molecule has 0 fully saturated rings. The number of benzene rings is 1. The van der Waals surface area contributed by atoms with Crippen LogP contribution in [-0.2, 0) is 17.8 Å². The molecule has 23 heavy (non-hydrogen) atoms. The summed E-state index contributed by atoms with van der Waals surface area (Å²) in [5, 5.41) is 11.9. The Morgan fingerprint density at radius 1 is 1.30 bits per heavy atom. The van der Waals surface area contributed by atoms with E-state index in [4.69, 9.17) is 25.9 Å². The minimum atomic E-state index is -1.15. The Morgan fingerprint density at radius 2 is 2.09 bits per heavy atom. The zero-order valence-corrected chi connectivity index (χ0v) is 13.2. The van der Waals surface area contributed by atoms with Gasteiger partial charge >= 0.3 is 5.97 Å². The molecule has 1 aromatic heterocycles. The second-order valence-electron chi connectivity index (χ2n) is 4.69. The van der Waals surface area contributed by atoms with Gasteiger partial charge in [-0.3, -0.25) is 4.79 Å². The van der Waals surface area contributed by atoms with Crippen LogP contribution < -0.4 is 10.1 Å². The molecule has 0 atom stereocenters. The van der Waals surface area contributed by atoms with Crippen LogP contribution in [0, 0.1) is 0 Å². The van der Waals surface area contributed by atoms with Gasteiger partial charge in [-0.15, -0.1) is 0 Å². The average Bonchev–Trinajstić information content (AvgIpc) is 2.98. The van der Waals surface area contributed by atoms with Crippen molar-refractivity contribution in [3.63, 3.8) is 0 Å². The lowest BCUT2D eigenvalue weighted by Gasteiger charge is -2.11. The fraction of sp³-hybridized carbons (Fsp3) is 0.250. The molecule has 2 N–H and O–H groups in total. The number of rotatable bonds is 7. The molecule has 0 saturated carbocycles. The zero-order chi connectivity index (χ0) is 16.8. The summed E-state index contributed by atoms with van der Waals surface area (Å²) in [6.07, 6.45) is 0.0996. The van der Waals surface area contributed by atoms with E-state index in [1.54, 1.807) is 18.2 Å². The highest BCUT2D eigenvalue weighted by atomic mass is 35.5. The normalized spacial score (nSPS) is 10.3. The molecular weight excluding hydrogens is 322 g/mol. The summed E-state index contributed by atoms with van der Waals surface area (Å²) in [7, 11) is 0. The summed E-state index contributed by atoms with van der Waals surface area (Å²) in [5.74, 6) is -0.697. The summed E-state index contributed by atoms with van der Waals surface area (Å²) in [4.78, 5) is 22.7. The molecule has 0 aliphatic rings. The molecule has 7 heteroatoms. The van der Waals surface area contributed by atoms with Crippen LogP contribution >= 0.6 is 11.6 Å². The Bertz CT molecular complexity index is 710. The van der Waals surface area contributed by atoms with Gasteiger partial charge in [0, 0.05) is 5.56 Å². The minimum absolute atomic E-state index is 0.0996. The fourth-order valence-corrected chi connectivity index (χ4v) is 2.26. The number of furan rings is 1. The first-order chi connectivity index (χ1) is 11.0. The number of ether oxygens (including phenoxy) is 1. The van der Waals surface area contributed by atoms with Crippen LogP contribution in [0.2, 0.25) is 5.02 Å². The molecule has 0 radical (unpaired) electrons. The Morgan fingerprint density at radius 3 is 2.74 bits per heavy atom. The number of hydrogen-bond acceptors (Lipinski definition) is 4. The third-order valence-electron chi connectivity index (χ3n) is 3.02. The number of hydrogen-bond donors (Lipinski definition) is 2. The van der Waals surface area contributed by atoms with Crippen LogP contribution in [0.15, 0.2) is 34.7 Å². The summed E-state index contributed by atoms with van der Waals surface area (Å²) < 4.78 is 10.5.